The van der Waals surface area contributed by atoms with Gasteiger partial charge in [-0.25, -0.2) is 0 Å². The first-order valence-electron chi connectivity index (χ1n) is 7.39. The molecule has 0 aliphatic carbocycles. The molecule has 150 valence electrons. The van der Waals surface area contributed by atoms with Crippen molar-refractivity contribution in [3.8, 4) is 5.75 Å². The van der Waals surface area contributed by atoms with Crippen LogP contribution in [0.15, 0.2) is 42.5 Å². The monoisotopic (exact) mass is 433 g/mol. The number of halogens is 4. The number of alkyl halides is 3. The third-order valence-electron chi connectivity index (χ3n) is 3.42. The lowest BCUT2D eigenvalue weighted by Crippen LogP contribution is -2.34. The van der Waals surface area contributed by atoms with Gasteiger partial charge >= 0.3 is 6.18 Å². The fourth-order valence-corrected chi connectivity index (χ4v) is 2.34. The van der Waals surface area contributed by atoms with E-state index in [0.29, 0.717) is 11.8 Å². The molecule has 6 nitrogen and oxygen atoms in total. The van der Waals surface area contributed by atoms with Gasteiger partial charge in [-0.15, -0.1) is 12.4 Å². The van der Waals surface area contributed by atoms with Crippen LogP contribution in [-0.4, -0.2) is 24.0 Å². The van der Waals surface area contributed by atoms with Crippen LogP contribution in [0.5, 0.6) is 5.75 Å². The zero-order valence-electron chi connectivity index (χ0n) is 14.3. The number of hydrogen-bond donors (Lipinski definition) is 3. The average molecular weight is 434 g/mol. The number of carbonyl (C=O) groups excluding carboxylic acids is 2. The second-order valence-electron chi connectivity index (χ2n) is 5.26. The van der Waals surface area contributed by atoms with Crippen molar-refractivity contribution in [3.05, 3.63) is 59.2 Å². The minimum Gasteiger partial charge on any atom is -0.496 e. The zero-order valence-corrected chi connectivity index (χ0v) is 15.9. The number of amides is 2. The summed E-state index contributed by atoms with van der Waals surface area (Å²) in [5, 5.41) is 4.83. The molecule has 11 heteroatoms. The Morgan fingerprint density at radius 1 is 1.07 bits per heavy atom. The standard InChI is InChI=1S/C17H14F3N3O3S.ClH/c1-26-13-7-4-10(8-12(13)17(18,19)20)15(25)23-16(27)22-11-5-2-9(3-6-11)14(21)24;/h2-8H,1H3,(H2,21,24)(H2,22,23,25,27);1H. The van der Waals surface area contributed by atoms with E-state index in [1.807, 2.05) is 0 Å². The predicted octanol–water partition coefficient (Wildman–Crippen LogP) is 3.36. The minimum atomic E-state index is -4.68. The van der Waals surface area contributed by atoms with Crippen molar-refractivity contribution < 1.29 is 27.5 Å². The zero-order chi connectivity index (χ0) is 20.2. The molecule has 0 spiro atoms. The Hall–Kier alpha value is -2.85. The second kappa shape index (κ2) is 9.38. The van der Waals surface area contributed by atoms with Crippen molar-refractivity contribution in [3.63, 3.8) is 0 Å². The van der Waals surface area contributed by atoms with Gasteiger partial charge in [0.15, 0.2) is 5.11 Å². The number of nitrogens with one attached hydrogen (secondary N) is 2. The Bertz CT molecular complexity index is 889. The molecule has 0 aromatic heterocycles. The maximum absolute atomic E-state index is 13.0. The van der Waals surface area contributed by atoms with Crippen LogP contribution < -0.4 is 21.1 Å². The number of hydrogen-bond acceptors (Lipinski definition) is 4. The molecule has 0 bridgehead atoms. The van der Waals surface area contributed by atoms with Crippen molar-refractivity contribution >= 4 is 47.2 Å². The average Bonchev–Trinajstić information content (AvgIpc) is 2.60. The molecular weight excluding hydrogens is 419 g/mol. The second-order valence-corrected chi connectivity index (χ2v) is 5.67. The predicted molar refractivity (Wildman–Crippen MR) is 104 cm³/mol. The van der Waals surface area contributed by atoms with E-state index in [1.165, 1.54) is 30.3 Å². The molecule has 0 saturated carbocycles. The molecule has 2 aromatic rings. The van der Waals surface area contributed by atoms with Crippen LogP contribution in [0.2, 0.25) is 0 Å². The number of carbonyl (C=O) groups is 2. The number of nitrogens with two attached hydrogens (primary N) is 1. The highest BCUT2D eigenvalue weighted by atomic mass is 35.5. The molecule has 2 rings (SSSR count). The van der Waals surface area contributed by atoms with Gasteiger partial charge in [0.25, 0.3) is 5.91 Å². The number of thiocarbonyl (C=S) groups is 1. The van der Waals surface area contributed by atoms with Crippen LogP contribution in [0.1, 0.15) is 26.3 Å². The van der Waals surface area contributed by atoms with Crippen molar-refractivity contribution in [1.82, 2.24) is 5.32 Å². The molecule has 0 saturated heterocycles. The maximum Gasteiger partial charge on any atom is 0.419 e. The SMILES string of the molecule is COc1ccc(C(=O)NC(=S)Nc2ccc(C(N)=O)cc2)cc1C(F)(F)F.Cl. The molecule has 2 aromatic carbocycles. The number of benzene rings is 2. The highest BCUT2D eigenvalue weighted by Crippen LogP contribution is 2.36. The molecule has 0 heterocycles. The number of rotatable bonds is 4. The molecular formula is C17H15ClF3N3O3S. The maximum atomic E-state index is 13.0. The van der Waals surface area contributed by atoms with E-state index in [0.717, 1.165) is 13.2 Å². The van der Waals surface area contributed by atoms with E-state index in [-0.39, 0.29) is 28.6 Å². The lowest BCUT2D eigenvalue weighted by molar-refractivity contribution is -0.138. The molecule has 4 N–H and O–H groups in total. The van der Waals surface area contributed by atoms with E-state index in [2.05, 4.69) is 15.4 Å². The summed E-state index contributed by atoms with van der Waals surface area (Å²) in [5.41, 5.74) is 4.56. The Morgan fingerprint density at radius 3 is 2.14 bits per heavy atom. The lowest BCUT2D eigenvalue weighted by Gasteiger charge is -2.14. The number of anilines is 1. The van der Waals surface area contributed by atoms with E-state index in [4.69, 9.17) is 18.0 Å². The van der Waals surface area contributed by atoms with Crippen molar-refractivity contribution in [2.75, 3.05) is 12.4 Å². The number of primary amides is 1. The quantitative estimate of drug-likeness (QED) is 0.643. The Labute approximate surface area is 169 Å². The molecule has 0 aliphatic rings. The summed E-state index contributed by atoms with van der Waals surface area (Å²) in [7, 11) is 1.10. The first kappa shape index (κ1) is 23.2. The van der Waals surface area contributed by atoms with Crippen LogP contribution in [0.25, 0.3) is 0 Å². The van der Waals surface area contributed by atoms with Gasteiger partial charge in [0.05, 0.1) is 12.7 Å². The third-order valence-corrected chi connectivity index (χ3v) is 3.63. The normalized spacial score (nSPS) is 10.4. The van der Waals surface area contributed by atoms with E-state index in [9.17, 15) is 22.8 Å². The lowest BCUT2D eigenvalue weighted by atomic mass is 10.1. The highest BCUT2D eigenvalue weighted by Gasteiger charge is 2.35. The summed E-state index contributed by atoms with van der Waals surface area (Å²) in [6.45, 7) is 0. The van der Waals surface area contributed by atoms with Gasteiger partial charge in [-0.2, -0.15) is 13.2 Å². The summed E-state index contributed by atoms with van der Waals surface area (Å²) in [6.07, 6.45) is -4.68. The minimum absolute atomic E-state index is 0. The van der Waals surface area contributed by atoms with Gasteiger partial charge < -0.3 is 15.8 Å². The topological polar surface area (TPSA) is 93.4 Å². The van der Waals surface area contributed by atoms with Gasteiger partial charge in [0.2, 0.25) is 5.91 Å². The Balaban J connectivity index is 0.00000392. The summed E-state index contributed by atoms with van der Waals surface area (Å²) >= 11 is 4.97. The molecule has 0 atom stereocenters. The third kappa shape index (κ3) is 5.83. The molecule has 0 unspecified atom stereocenters. The molecule has 0 radical (unpaired) electrons. The molecule has 0 fully saturated rings. The van der Waals surface area contributed by atoms with Crippen molar-refractivity contribution in [1.29, 1.82) is 0 Å². The van der Waals surface area contributed by atoms with Crippen LogP contribution in [-0.2, 0) is 6.18 Å². The van der Waals surface area contributed by atoms with Crippen LogP contribution >= 0.6 is 24.6 Å². The summed E-state index contributed by atoms with van der Waals surface area (Å²) in [5.74, 6) is -1.82. The van der Waals surface area contributed by atoms with Crippen LogP contribution in [0.3, 0.4) is 0 Å². The molecule has 0 aliphatic heterocycles. The summed E-state index contributed by atoms with van der Waals surface area (Å²) in [4.78, 5) is 23.2. The largest absolute Gasteiger partial charge is 0.496 e. The smallest absolute Gasteiger partial charge is 0.419 e. The van der Waals surface area contributed by atoms with Gasteiger partial charge in [-0.1, -0.05) is 0 Å². The first-order valence-corrected chi connectivity index (χ1v) is 7.80. The number of methoxy groups -OCH3 is 1. The Morgan fingerprint density at radius 2 is 1.64 bits per heavy atom. The van der Waals surface area contributed by atoms with Crippen LogP contribution in [0, 0.1) is 0 Å². The van der Waals surface area contributed by atoms with Crippen molar-refractivity contribution in [2.45, 2.75) is 6.18 Å². The Kier molecular flexibility index (Phi) is 7.77. The first-order chi connectivity index (χ1) is 12.6. The fraction of sp³-hybridized carbons (Fsp3) is 0.118. The van der Waals surface area contributed by atoms with Crippen molar-refractivity contribution in [2.24, 2.45) is 5.73 Å². The van der Waals surface area contributed by atoms with E-state index < -0.39 is 29.3 Å². The fourth-order valence-electron chi connectivity index (χ4n) is 2.13. The number of ether oxygens (including phenoxy) is 1. The van der Waals surface area contributed by atoms with E-state index in [1.54, 1.807) is 0 Å². The molecule has 2 amide bonds. The highest BCUT2D eigenvalue weighted by molar-refractivity contribution is 7.80. The van der Waals surface area contributed by atoms with Gasteiger partial charge in [-0.05, 0) is 54.7 Å². The van der Waals surface area contributed by atoms with Crippen LogP contribution in [0.4, 0.5) is 18.9 Å². The summed E-state index contributed by atoms with van der Waals surface area (Å²) < 4.78 is 43.8. The van der Waals surface area contributed by atoms with Gasteiger partial charge in [0.1, 0.15) is 5.75 Å². The van der Waals surface area contributed by atoms with Gasteiger partial charge in [0, 0.05) is 16.8 Å². The van der Waals surface area contributed by atoms with Gasteiger partial charge in [-0.3, -0.25) is 14.9 Å². The summed E-state index contributed by atoms with van der Waals surface area (Å²) in [6, 6.07) is 8.84. The van der Waals surface area contributed by atoms with E-state index >= 15 is 0 Å². The molecule has 28 heavy (non-hydrogen) atoms.